The summed E-state index contributed by atoms with van der Waals surface area (Å²) in [5.74, 6) is 0.521. The number of nitrogens with one attached hydrogen (secondary N) is 3. The molecule has 0 aliphatic heterocycles. The van der Waals surface area contributed by atoms with Gasteiger partial charge in [-0.2, -0.15) is 0 Å². The molecule has 8 heteroatoms. The van der Waals surface area contributed by atoms with E-state index in [1.54, 1.807) is 52.9 Å². The summed E-state index contributed by atoms with van der Waals surface area (Å²) in [7, 11) is 0. The summed E-state index contributed by atoms with van der Waals surface area (Å²) in [5.41, 5.74) is 5.38. The number of hydrogen-bond donors (Lipinski definition) is 3. The van der Waals surface area contributed by atoms with Crippen molar-refractivity contribution in [2.75, 3.05) is 16.0 Å². The highest BCUT2D eigenvalue weighted by Gasteiger charge is 2.12. The Balaban J connectivity index is 1.35. The van der Waals surface area contributed by atoms with E-state index < -0.39 is 0 Å². The van der Waals surface area contributed by atoms with E-state index in [-0.39, 0.29) is 11.9 Å². The molecule has 6 nitrogen and oxygen atoms in total. The molecule has 3 aromatic carbocycles. The van der Waals surface area contributed by atoms with E-state index in [0.29, 0.717) is 28.4 Å². The van der Waals surface area contributed by atoms with Crippen molar-refractivity contribution in [3.05, 3.63) is 101 Å². The average molecular weight is 461 g/mol. The molecule has 32 heavy (non-hydrogen) atoms. The van der Waals surface area contributed by atoms with E-state index in [4.69, 9.17) is 0 Å². The van der Waals surface area contributed by atoms with Crippen LogP contribution in [0.3, 0.4) is 0 Å². The molecule has 3 amide bonds. The fourth-order valence-electron chi connectivity index (χ4n) is 2.89. The molecule has 0 aliphatic carbocycles. The lowest BCUT2D eigenvalue weighted by molar-refractivity contribution is 0.102. The first-order valence-electron chi connectivity index (χ1n) is 9.81. The maximum absolute atomic E-state index is 12.8. The second-order valence-electron chi connectivity index (χ2n) is 6.74. The molecular weight excluding hydrogens is 440 g/mol. The van der Waals surface area contributed by atoms with Gasteiger partial charge in [-0.1, -0.05) is 30.3 Å². The van der Waals surface area contributed by atoms with Gasteiger partial charge in [-0.15, -0.1) is 23.1 Å². The number of urea groups is 1. The normalized spacial score (nSPS) is 10.4. The Morgan fingerprint density at radius 1 is 0.781 bits per heavy atom. The zero-order chi connectivity index (χ0) is 22.2. The largest absolute Gasteiger partial charge is 0.323 e. The van der Waals surface area contributed by atoms with Crippen LogP contribution in [0.4, 0.5) is 21.9 Å². The van der Waals surface area contributed by atoms with Crippen LogP contribution in [0, 0.1) is 0 Å². The maximum atomic E-state index is 12.8. The van der Waals surface area contributed by atoms with Crippen molar-refractivity contribution in [3.8, 4) is 0 Å². The van der Waals surface area contributed by atoms with Gasteiger partial charge in [-0.25, -0.2) is 9.78 Å². The number of thioether (sulfide) groups is 1. The smallest absolute Gasteiger partial charge is 0.322 e. The van der Waals surface area contributed by atoms with E-state index >= 15 is 0 Å². The standard InChI is InChI=1S/C24H20N4O2S2/c29-23(21-8-4-5-9-22(21)32-15-20-14-31-16-25-20)26-18-10-12-19(13-11-18)28-24(30)27-17-6-2-1-3-7-17/h1-14,16H,15H2,(H,26,29)(H2,27,28,30). The number of para-hydroxylation sites is 1. The molecule has 160 valence electrons. The van der Waals surface area contributed by atoms with Gasteiger partial charge in [0.05, 0.1) is 16.8 Å². The first-order chi connectivity index (χ1) is 15.7. The van der Waals surface area contributed by atoms with Crippen LogP contribution in [0.25, 0.3) is 0 Å². The highest BCUT2D eigenvalue weighted by molar-refractivity contribution is 7.98. The quantitative estimate of drug-likeness (QED) is 0.281. The van der Waals surface area contributed by atoms with Gasteiger partial charge in [0, 0.05) is 33.1 Å². The molecule has 0 saturated carbocycles. The van der Waals surface area contributed by atoms with Crippen molar-refractivity contribution >= 4 is 52.1 Å². The molecule has 0 saturated heterocycles. The zero-order valence-corrected chi connectivity index (χ0v) is 18.6. The summed E-state index contributed by atoms with van der Waals surface area (Å²) < 4.78 is 0. The van der Waals surface area contributed by atoms with Crippen LogP contribution in [-0.4, -0.2) is 16.9 Å². The van der Waals surface area contributed by atoms with Crippen LogP contribution >= 0.6 is 23.1 Å². The number of nitrogens with zero attached hydrogens (tertiary/aromatic N) is 1. The van der Waals surface area contributed by atoms with E-state index in [2.05, 4.69) is 20.9 Å². The summed E-state index contributed by atoms with van der Waals surface area (Å²) in [6.07, 6.45) is 0. The third-order valence-electron chi connectivity index (χ3n) is 4.42. The van der Waals surface area contributed by atoms with Crippen molar-refractivity contribution in [2.24, 2.45) is 0 Å². The molecule has 0 spiro atoms. The number of hydrogen-bond acceptors (Lipinski definition) is 5. The van der Waals surface area contributed by atoms with Gasteiger partial charge in [0.15, 0.2) is 0 Å². The topological polar surface area (TPSA) is 83.1 Å². The summed E-state index contributed by atoms with van der Waals surface area (Å²) in [6, 6.07) is 23.4. The number of amides is 3. The SMILES string of the molecule is O=C(Nc1ccccc1)Nc1ccc(NC(=O)c2ccccc2SCc2cscn2)cc1. The molecule has 0 atom stereocenters. The lowest BCUT2D eigenvalue weighted by atomic mass is 10.2. The monoisotopic (exact) mass is 460 g/mol. The second-order valence-corrected chi connectivity index (χ2v) is 8.48. The lowest BCUT2D eigenvalue weighted by Gasteiger charge is -2.11. The number of carbonyl (C=O) groups is 2. The fraction of sp³-hybridized carbons (Fsp3) is 0.0417. The number of thiazole rings is 1. The molecule has 0 aliphatic rings. The number of anilines is 3. The first-order valence-corrected chi connectivity index (χ1v) is 11.7. The number of carbonyl (C=O) groups excluding carboxylic acids is 2. The number of benzene rings is 3. The fourth-order valence-corrected chi connectivity index (χ4v) is 4.51. The molecule has 0 radical (unpaired) electrons. The molecule has 1 heterocycles. The summed E-state index contributed by atoms with van der Waals surface area (Å²) in [4.78, 5) is 30.1. The van der Waals surface area contributed by atoms with Crippen LogP contribution < -0.4 is 16.0 Å². The molecule has 0 fully saturated rings. The van der Waals surface area contributed by atoms with Crippen LogP contribution in [0.15, 0.2) is 94.6 Å². The predicted molar refractivity (Wildman–Crippen MR) is 132 cm³/mol. The summed E-state index contributed by atoms with van der Waals surface area (Å²) in [5, 5.41) is 10.5. The maximum Gasteiger partial charge on any atom is 0.323 e. The highest BCUT2D eigenvalue weighted by Crippen LogP contribution is 2.27. The minimum Gasteiger partial charge on any atom is -0.322 e. The first kappa shape index (κ1) is 21.6. The van der Waals surface area contributed by atoms with Crippen molar-refractivity contribution < 1.29 is 9.59 Å². The van der Waals surface area contributed by atoms with E-state index in [1.807, 2.05) is 60.0 Å². The number of rotatable bonds is 7. The minimum absolute atomic E-state index is 0.186. The third-order valence-corrected chi connectivity index (χ3v) is 6.17. The van der Waals surface area contributed by atoms with Crippen molar-refractivity contribution in [2.45, 2.75) is 10.6 Å². The molecule has 4 rings (SSSR count). The van der Waals surface area contributed by atoms with Crippen molar-refractivity contribution in [1.82, 2.24) is 4.98 Å². The van der Waals surface area contributed by atoms with E-state index in [1.165, 1.54) is 0 Å². The van der Waals surface area contributed by atoms with E-state index in [0.717, 1.165) is 10.6 Å². The van der Waals surface area contributed by atoms with Crippen molar-refractivity contribution in [1.29, 1.82) is 0 Å². The Hall–Kier alpha value is -3.62. The summed E-state index contributed by atoms with van der Waals surface area (Å²) >= 11 is 3.14. The van der Waals surface area contributed by atoms with Crippen molar-refractivity contribution in [3.63, 3.8) is 0 Å². The zero-order valence-electron chi connectivity index (χ0n) is 16.9. The Morgan fingerprint density at radius 2 is 1.41 bits per heavy atom. The molecule has 4 aromatic rings. The van der Waals surface area contributed by atoms with Gasteiger partial charge >= 0.3 is 6.03 Å². The average Bonchev–Trinajstić information content (AvgIpc) is 3.33. The van der Waals surface area contributed by atoms with Crippen LogP contribution in [-0.2, 0) is 5.75 Å². The molecule has 0 bridgehead atoms. The van der Waals surface area contributed by atoms with Crippen LogP contribution in [0.2, 0.25) is 0 Å². The molecular formula is C24H20N4O2S2. The van der Waals surface area contributed by atoms with Gasteiger partial charge in [-0.05, 0) is 48.5 Å². The van der Waals surface area contributed by atoms with Gasteiger partial charge in [-0.3, -0.25) is 4.79 Å². The van der Waals surface area contributed by atoms with Gasteiger partial charge in [0.2, 0.25) is 0 Å². The van der Waals surface area contributed by atoms with Gasteiger partial charge < -0.3 is 16.0 Å². The number of aromatic nitrogens is 1. The predicted octanol–water partition coefficient (Wildman–Crippen LogP) is 6.33. The Kier molecular flexibility index (Phi) is 7.16. The van der Waals surface area contributed by atoms with Crippen LogP contribution in [0.1, 0.15) is 16.1 Å². The molecule has 0 unspecified atom stereocenters. The van der Waals surface area contributed by atoms with E-state index in [9.17, 15) is 9.59 Å². The molecule has 1 aromatic heterocycles. The Labute approximate surface area is 194 Å². The van der Waals surface area contributed by atoms with Crippen LogP contribution in [0.5, 0.6) is 0 Å². The molecule has 3 N–H and O–H groups in total. The minimum atomic E-state index is -0.334. The van der Waals surface area contributed by atoms with Gasteiger partial charge in [0.25, 0.3) is 5.91 Å². The highest BCUT2D eigenvalue weighted by atomic mass is 32.2. The summed E-state index contributed by atoms with van der Waals surface area (Å²) in [6.45, 7) is 0. The van der Waals surface area contributed by atoms with Gasteiger partial charge in [0.1, 0.15) is 0 Å². The third kappa shape index (κ3) is 5.96. The second kappa shape index (κ2) is 10.6. The lowest BCUT2D eigenvalue weighted by Crippen LogP contribution is -2.19. The Bertz CT molecular complexity index is 1180. The Morgan fingerprint density at radius 3 is 2.09 bits per heavy atom.